The third-order valence-corrected chi connectivity index (χ3v) is 4.01. The summed E-state index contributed by atoms with van der Waals surface area (Å²) in [5.41, 5.74) is 3.15. The van der Waals surface area contributed by atoms with Crippen LogP contribution in [0.4, 0.5) is 0 Å². The van der Waals surface area contributed by atoms with Gasteiger partial charge in [-0.15, -0.1) is 10.2 Å². The highest BCUT2D eigenvalue weighted by Crippen LogP contribution is 2.25. The van der Waals surface area contributed by atoms with E-state index in [1.165, 1.54) is 0 Å². The molecule has 2 heterocycles. The SMILES string of the molecule is Cc1ccc(-c2nnc(CCNCC(C)C)s2)c(C)n1. The van der Waals surface area contributed by atoms with Crippen LogP contribution in [0.3, 0.4) is 0 Å². The third kappa shape index (κ3) is 4.08. The molecule has 0 saturated heterocycles. The Balaban J connectivity index is 1.98. The van der Waals surface area contributed by atoms with Crippen LogP contribution in [-0.4, -0.2) is 28.3 Å². The van der Waals surface area contributed by atoms with Gasteiger partial charge in [-0.2, -0.15) is 0 Å². The Kier molecular flexibility index (Phi) is 5.20. The predicted molar refractivity (Wildman–Crippen MR) is 84.0 cm³/mol. The molecule has 0 aliphatic rings. The maximum atomic E-state index is 4.48. The summed E-state index contributed by atoms with van der Waals surface area (Å²) in [6.07, 6.45) is 0.933. The molecule has 0 aliphatic carbocycles. The minimum absolute atomic E-state index is 0.682. The van der Waals surface area contributed by atoms with Crippen LogP contribution in [0.2, 0.25) is 0 Å². The summed E-state index contributed by atoms with van der Waals surface area (Å²) in [6, 6.07) is 4.10. The fourth-order valence-electron chi connectivity index (χ4n) is 1.96. The van der Waals surface area contributed by atoms with Gasteiger partial charge >= 0.3 is 0 Å². The molecule has 0 spiro atoms. The van der Waals surface area contributed by atoms with Crippen LogP contribution < -0.4 is 5.32 Å². The molecule has 2 aromatic heterocycles. The van der Waals surface area contributed by atoms with Gasteiger partial charge in [-0.05, 0) is 38.4 Å². The van der Waals surface area contributed by atoms with Gasteiger partial charge in [0.25, 0.3) is 0 Å². The van der Waals surface area contributed by atoms with Crippen LogP contribution in [0.1, 0.15) is 30.2 Å². The van der Waals surface area contributed by atoms with Gasteiger partial charge < -0.3 is 5.32 Å². The Bertz CT molecular complexity index is 563. The van der Waals surface area contributed by atoms with Crippen LogP contribution >= 0.6 is 11.3 Å². The molecule has 0 aliphatic heterocycles. The normalized spacial score (nSPS) is 11.2. The lowest BCUT2D eigenvalue weighted by molar-refractivity contribution is 0.553. The molecule has 2 aromatic rings. The topological polar surface area (TPSA) is 50.7 Å². The van der Waals surface area contributed by atoms with Crippen molar-refractivity contribution in [1.29, 1.82) is 0 Å². The van der Waals surface area contributed by atoms with Crippen LogP contribution in [0.15, 0.2) is 12.1 Å². The van der Waals surface area contributed by atoms with E-state index in [9.17, 15) is 0 Å². The van der Waals surface area contributed by atoms with E-state index in [0.717, 1.165) is 46.5 Å². The number of hydrogen-bond acceptors (Lipinski definition) is 5. The number of aryl methyl sites for hydroxylation is 2. The van der Waals surface area contributed by atoms with Crippen LogP contribution in [0.5, 0.6) is 0 Å². The van der Waals surface area contributed by atoms with Gasteiger partial charge in [-0.3, -0.25) is 4.98 Å². The molecule has 0 saturated carbocycles. The number of nitrogens with one attached hydrogen (secondary N) is 1. The highest BCUT2D eigenvalue weighted by Gasteiger charge is 2.09. The standard InChI is InChI=1S/C15H22N4S/c1-10(2)9-16-8-7-14-18-19-15(20-14)13-6-5-11(3)17-12(13)4/h5-6,10,16H,7-9H2,1-4H3. The largest absolute Gasteiger partial charge is 0.316 e. The zero-order valence-electron chi connectivity index (χ0n) is 12.6. The fourth-order valence-corrected chi connectivity index (χ4v) is 2.88. The predicted octanol–water partition coefficient (Wildman–Crippen LogP) is 3.01. The molecule has 5 heteroatoms. The number of hydrogen-bond donors (Lipinski definition) is 1. The van der Waals surface area contributed by atoms with Crippen molar-refractivity contribution >= 4 is 11.3 Å². The van der Waals surface area contributed by atoms with Crippen LogP contribution in [0.25, 0.3) is 10.6 Å². The highest BCUT2D eigenvalue weighted by atomic mass is 32.1. The molecule has 0 aromatic carbocycles. The first-order valence-electron chi connectivity index (χ1n) is 7.04. The Morgan fingerprint density at radius 2 is 2.00 bits per heavy atom. The zero-order valence-corrected chi connectivity index (χ0v) is 13.4. The van der Waals surface area contributed by atoms with E-state index in [1.807, 2.05) is 19.9 Å². The fraction of sp³-hybridized carbons (Fsp3) is 0.533. The summed E-state index contributed by atoms with van der Waals surface area (Å²) in [6.45, 7) is 10.5. The lowest BCUT2D eigenvalue weighted by Crippen LogP contribution is -2.22. The molecular formula is C15H22N4S. The van der Waals surface area contributed by atoms with E-state index in [2.05, 4.69) is 40.4 Å². The number of nitrogens with zero attached hydrogens (tertiary/aromatic N) is 3. The third-order valence-electron chi connectivity index (χ3n) is 2.99. The van der Waals surface area contributed by atoms with Gasteiger partial charge in [-0.1, -0.05) is 25.2 Å². The highest BCUT2D eigenvalue weighted by molar-refractivity contribution is 7.14. The van der Waals surface area contributed by atoms with Gasteiger partial charge in [0.05, 0.1) is 0 Å². The quantitative estimate of drug-likeness (QED) is 0.831. The zero-order chi connectivity index (χ0) is 14.5. The van der Waals surface area contributed by atoms with Crippen molar-refractivity contribution < 1.29 is 0 Å². The molecule has 0 radical (unpaired) electrons. The molecule has 0 bridgehead atoms. The van der Waals surface area contributed by atoms with Crippen molar-refractivity contribution in [2.24, 2.45) is 5.92 Å². The van der Waals surface area contributed by atoms with Gasteiger partial charge in [0.2, 0.25) is 0 Å². The minimum Gasteiger partial charge on any atom is -0.316 e. The van der Waals surface area contributed by atoms with Crippen molar-refractivity contribution in [2.75, 3.05) is 13.1 Å². The second-order valence-electron chi connectivity index (χ2n) is 5.43. The summed E-state index contributed by atoms with van der Waals surface area (Å²) in [4.78, 5) is 4.48. The van der Waals surface area contributed by atoms with Crippen molar-refractivity contribution in [3.05, 3.63) is 28.5 Å². The Morgan fingerprint density at radius 1 is 1.20 bits per heavy atom. The lowest BCUT2D eigenvalue weighted by atomic mass is 10.2. The van der Waals surface area contributed by atoms with E-state index in [1.54, 1.807) is 11.3 Å². The number of rotatable bonds is 6. The van der Waals surface area contributed by atoms with Gasteiger partial charge in [0, 0.05) is 29.9 Å². The minimum atomic E-state index is 0.682. The van der Waals surface area contributed by atoms with Crippen molar-refractivity contribution in [3.63, 3.8) is 0 Å². The van der Waals surface area contributed by atoms with E-state index in [-0.39, 0.29) is 0 Å². The first-order chi connectivity index (χ1) is 9.56. The summed E-state index contributed by atoms with van der Waals surface area (Å²) < 4.78 is 0. The summed E-state index contributed by atoms with van der Waals surface area (Å²) in [5.74, 6) is 0.682. The average molecular weight is 290 g/mol. The van der Waals surface area contributed by atoms with E-state index in [0.29, 0.717) is 5.92 Å². The molecule has 4 nitrogen and oxygen atoms in total. The molecule has 0 unspecified atom stereocenters. The first-order valence-corrected chi connectivity index (χ1v) is 7.85. The van der Waals surface area contributed by atoms with Crippen molar-refractivity contribution in [3.8, 4) is 10.6 Å². The molecule has 108 valence electrons. The van der Waals surface area contributed by atoms with Crippen LogP contribution in [0, 0.1) is 19.8 Å². The monoisotopic (exact) mass is 290 g/mol. The Hall–Kier alpha value is -1.33. The molecule has 0 atom stereocenters. The van der Waals surface area contributed by atoms with E-state index >= 15 is 0 Å². The van der Waals surface area contributed by atoms with Crippen molar-refractivity contribution in [2.45, 2.75) is 34.1 Å². The molecule has 1 N–H and O–H groups in total. The second kappa shape index (κ2) is 6.90. The molecule has 2 rings (SSSR count). The van der Waals surface area contributed by atoms with E-state index < -0.39 is 0 Å². The molecule has 0 fully saturated rings. The molecule has 0 amide bonds. The maximum Gasteiger partial charge on any atom is 0.149 e. The molecule has 20 heavy (non-hydrogen) atoms. The summed E-state index contributed by atoms with van der Waals surface area (Å²) >= 11 is 1.66. The number of pyridine rings is 1. The van der Waals surface area contributed by atoms with Crippen LogP contribution in [-0.2, 0) is 6.42 Å². The second-order valence-corrected chi connectivity index (χ2v) is 6.50. The maximum absolute atomic E-state index is 4.48. The van der Waals surface area contributed by atoms with Crippen molar-refractivity contribution in [1.82, 2.24) is 20.5 Å². The van der Waals surface area contributed by atoms with Gasteiger partial charge in [0.15, 0.2) is 0 Å². The average Bonchev–Trinajstić information content (AvgIpc) is 2.83. The Morgan fingerprint density at radius 3 is 2.70 bits per heavy atom. The lowest BCUT2D eigenvalue weighted by Gasteiger charge is -2.05. The first kappa shape index (κ1) is 15.1. The van der Waals surface area contributed by atoms with Gasteiger partial charge in [0.1, 0.15) is 10.0 Å². The number of aromatic nitrogens is 3. The van der Waals surface area contributed by atoms with Gasteiger partial charge in [-0.25, -0.2) is 0 Å². The smallest absolute Gasteiger partial charge is 0.149 e. The van der Waals surface area contributed by atoms with E-state index in [4.69, 9.17) is 0 Å². The molecular weight excluding hydrogens is 268 g/mol. The summed E-state index contributed by atoms with van der Waals surface area (Å²) in [5, 5.41) is 14.0. The summed E-state index contributed by atoms with van der Waals surface area (Å²) in [7, 11) is 0. The Labute approximate surface area is 124 Å².